The summed E-state index contributed by atoms with van der Waals surface area (Å²) in [7, 11) is 0. The molecule has 0 aliphatic carbocycles. The third-order valence-electron chi connectivity index (χ3n) is 7.71. The molecule has 5 nitrogen and oxygen atoms in total. The van der Waals surface area contributed by atoms with Crippen molar-refractivity contribution in [3.63, 3.8) is 0 Å². The summed E-state index contributed by atoms with van der Waals surface area (Å²) in [5.41, 5.74) is 4.15. The van der Waals surface area contributed by atoms with Gasteiger partial charge in [-0.05, 0) is 85.1 Å². The lowest BCUT2D eigenvalue weighted by molar-refractivity contribution is 0.357. The fourth-order valence-corrected chi connectivity index (χ4v) is 6.84. The minimum atomic E-state index is -0.293. The molecule has 200 valence electrons. The molecule has 0 unspecified atom stereocenters. The average molecular weight is 560 g/mol. The number of hydrogen-bond donors (Lipinski definition) is 1. The minimum Gasteiger partial charge on any atom is -0.370 e. The molecule has 0 radical (unpaired) electrons. The predicted molar refractivity (Wildman–Crippen MR) is 160 cm³/mol. The number of halogens is 2. The molecule has 0 spiro atoms. The Kier molecular flexibility index (Phi) is 7.04. The van der Waals surface area contributed by atoms with Crippen LogP contribution in [0.15, 0.2) is 85.2 Å². The van der Waals surface area contributed by atoms with E-state index in [4.69, 9.17) is 23.8 Å². The van der Waals surface area contributed by atoms with Gasteiger partial charge in [0.2, 0.25) is 0 Å². The first-order valence-electron chi connectivity index (χ1n) is 13.4. The maximum absolute atomic E-state index is 15.0. The lowest BCUT2D eigenvalue weighted by atomic mass is 9.91. The number of rotatable bonds is 5. The van der Waals surface area contributed by atoms with Gasteiger partial charge in [-0.3, -0.25) is 4.98 Å². The van der Waals surface area contributed by atoms with E-state index in [0.717, 1.165) is 35.9 Å². The third kappa shape index (κ3) is 4.90. The van der Waals surface area contributed by atoms with E-state index in [1.165, 1.54) is 12.5 Å². The summed E-state index contributed by atoms with van der Waals surface area (Å²) < 4.78 is 16.8. The zero-order valence-corrected chi connectivity index (χ0v) is 23.5. The van der Waals surface area contributed by atoms with Crippen LogP contribution in [0.3, 0.4) is 0 Å². The molecule has 4 atom stereocenters. The number of piperidine rings is 1. The van der Waals surface area contributed by atoms with E-state index in [0.29, 0.717) is 27.7 Å². The first-order chi connectivity index (χ1) is 18.9. The second kappa shape index (κ2) is 10.6. The summed E-state index contributed by atoms with van der Waals surface area (Å²) in [6, 6.07) is 22.3. The Bertz CT molecular complexity index is 1480. The summed E-state index contributed by atoms with van der Waals surface area (Å²) in [6.45, 7) is 6.58. The molecule has 4 heterocycles. The summed E-state index contributed by atoms with van der Waals surface area (Å²) in [6.07, 6.45) is 4.90. The number of benzene rings is 2. The van der Waals surface area contributed by atoms with Gasteiger partial charge in [-0.1, -0.05) is 43.6 Å². The van der Waals surface area contributed by atoms with Crippen molar-refractivity contribution in [2.75, 3.05) is 22.9 Å². The third-order valence-corrected chi connectivity index (χ3v) is 8.33. The van der Waals surface area contributed by atoms with E-state index in [9.17, 15) is 4.39 Å². The van der Waals surface area contributed by atoms with E-state index in [-0.39, 0.29) is 17.9 Å². The van der Waals surface area contributed by atoms with Crippen LogP contribution >= 0.6 is 23.8 Å². The van der Waals surface area contributed by atoms with Gasteiger partial charge < -0.3 is 19.7 Å². The maximum atomic E-state index is 15.0. The first-order valence-corrected chi connectivity index (χ1v) is 14.2. The van der Waals surface area contributed by atoms with Crippen molar-refractivity contribution in [2.45, 2.75) is 32.4 Å². The van der Waals surface area contributed by atoms with Crippen molar-refractivity contribution >= 4 is 40.3 Å². The second-order valence-corrected chi connectivity index (χ2v) is 11.5. The highest BCUT2D eigenvalue weighted by Gasteiger charge is 2.42. The molecule has 2 aromatic heterocycles. The van der Waals surface area contributed by atoms with Gasteiger partial charge in [-0.15, -0.1) is 0 Å². The lowest BCUT2D eigenvalue weighted by Gasteiger charge is -2.37. The van der Waals surface area contributed by atoms with Crippen molar-refractivity contribution in [2.24, 2.45) is 11.8 Å². The Morgan fingerprint density at radius 1 is 0.949 bits per heavy atom. The molecule has 2 aliphatic heterocycles. The molecular formula is C31H31ClFN5S. The highest BCUT2D eigenvalue weighted by atomic mass is 35.5. The highest BCUT2D eigenvalue weighted by molar-refractivity contribution is 7.80. The van der Waals surface area contributed by atoms with Crippen LogP contribution in [0, 0.1) is 17.7 Å². The van der Waals surface area contributed by atoms with Crippen LogP contribution in [0.1, 0.15) is 43.7 Å². The van der Waals surface area contributed by atoms with E-state index in [1.807, 2.05) is 53.2 Å². The molecule has 2 fully saturated rings. The van der Waals surface area contributed by atoms with Gasteiger partial charge in [-0.2, -0.15) is 0 Å². The molecule has 6 rings (SSSR count). The summed E-state index contributed by atoms with van der Waals surface area (Å²) in [5.74, 6) is 0.950. The Labute approximate surface area is 239 Å². The zero-order chi connectivity index (χ0) is 27.1. The van der Waals surface area contributed by atoms with Crippen LogP contribution in [-0.2, 0) is 0 Å². The molecule has 0 amide bonds. The monoisotopic (exact) mass is 559 g/mol. The number of anilines is 2. The summed E-state index contributed by atoms with van der Waals surface area (Å²) in [5, 5.41) is 4.76. The van der Waals surface area contributed by atoms with Gasteiger partial charge in [0.05, 0.1) is 28.1 Å². The number of nitrogens with one attached hydrogen (secondary N) is 1. The largest absolute Gasteiger partial charge is 0.370 e. The van der Waals surface area contributed by atoms with Crippen LogP contribution in [0.4, 0.5) is 15.8 Å². The quantitative estimate of drug-likeness (QED) is 0.259. The Morgan fingerprint density at radius 2 is 1.72 bits per heavy atom. The normalized spacial score (nSPS) is 23.2. The Morgan fingerprint density at radius 3 is 2.44 bits per heavy atom. The number of aromatic nitrogens is 2. The molecule has 1 N–H and O–H groups in total. The van der Waals surface area contributed by atoms with Crippen LogP contribution in [0.25, 0.3) is 5.69 Å². The van der Waals surface area contributed by atoms with Gasteiger partial charge in [0.25, 0.3) is 0 Å². The molecular weight excluding hydrogens is 529 g/mol. The van der Waals surface area contributed by atoms with Crippen LogP contribution in [0.2, 0.25) is 5.02 Å². The number of hydrogen-bond acceptors (Lipinski definition) is 3. The molecule has 2 aromatic carbocycles. The smallest absolute Gasteiger partial charge is 0.174 e. The Hall–Kier alpha value is -3.42. The maximum Gasteiger partial charge on any atom is 0.174 e. The van der Waals surface area contributed by atoms with Gasteiger partial charge in [0.15, 0.2) is 5.11 Å². The fourth-order valence-electron chi connectivity index (χ4n) is 6.20. The van der Waals surface area contributed by atoms with Crippen LogP contribution in [0.5, 0.6) is 0 Å². The summed E-state index contributed by atoms with van der Waals surface area (Å²) in [4.78, 5) is 9.12. The van der Waals surface area contributed by atoms with Gasteiger partial charge in [-0.25, -0.2) is 4.39 Å². The Balaban J connectivity index is 1.43. The minimum absolute atomic E-state index is 0.249. The van der Waals surface area contributed by atoms with Gasteiger partial charge in [0.1, 0.15) is 11.9 Å². The second-order valence-electron chi connectivity index (χ2n) is 10.7. The molecule has 2 saturated heterocycles. The van der Waals surface area contributed by atoms with Gasteiger partial charge in [0, 0.05) is 36.9 Å². The van der Waals surface area contributed by atoms with E-state index in [2.05, 4.69) is 46.1 Å². The lowest BCUT2D eigenvalue weighted by Crippen LogP contribution is -2.38. The van der Waals surface area contributed by atoms with Crippen LogP contribution < -0.4 is 15.1 Å². The first kappa shape index (κ1) is 25.8. The van der Waals surface area contributed by atoms with Crippen molar-refractivity contribution in [3.8, 4) is 5.69 Å². The molecule has 39 heavy (non-hydrogen) atoms. The topological polar surface area (TPSA) is 36.3 Å². The van der Waals surface area contributed by atoms with E-state index >= 15 is 0 Å². The predicted octanol–water partition coefficient (Wildman–Crippen LogP) is 7.32. The molecule has 8 heteroatoms. The van der Waals surface area contributed by atoms with Crippen LogP contribution in [-0.4, -0.2) is 27.8 Å². The molecule has 0 saturated carbocycles. The molecule has 0 bridgehead atoms. The van der Waals surface area contributed by atoms with E-state index in [1.54, 1.807) is 18.3 Å². The number of pyridine rings is 1. The average Bonchev–Trinajstić information content (AvgIpc) is 3.53. The molecule has 2 aliphatic rings. The van der Waals surface area contributed by atoms with Gasteiger partial charge >= 0.3 is 0 Å². The van der Waals surface area contributed by atoms with E-state index < -0.39 is 0 Å². The van der Waals surface area contributed by atoms with Crippen molar-refractivity contribution < 1.29 is 4.39 Å². The van der Waals surface area contributed by atoms with Crippen molar-refractivity contribution in [1.29, 1.82) is 0 Å². The standard InChI is InChI=1S/C31H31ClFN5S/c1-20-16-21(2)19-36(18-20)26-13-12-22(17-23(26)32)38-30(29(35-31(38)39)25-9-5-6-14-34-25)28-11-7-15-37(28)27-10-4-3-8-24(27)33/h3-15,17,20-21,29-30H,16,18-19H2,1-2H3,(H,35,39)/t20-,21+,29-,30-/m0/s1. The number of para-hydroxylation sites is 1. The molecule has 4 aromatic rings. The van der Waals surface area contributed by atoms with Crippen molar-refractivity contribution in [3.05, 3.63) is 107 Å². The highest BCUT2D eigenvalue weighted by Crippen LogP contribution is 2.44. The van der Waals surface area contributed by atoms with Crippen molar-refractivity contribution in [1.82, 2.24) is 14.9 Å². The zero-order valence-electron chi connectivity index (χ0n) is 22.0. The SMILES string of the molecule is C[C@@H]1C[C@H](C)CN(c2ccc(N3C(=S)N[C@@H](c4ccccn4)[C@@H]3c3cccn3-c3ccccc3F)cc2Cl)C1. The number of nitrogens with zero attached hydrogens (tertiary/aromatic N) is 4. The number of thiocarbonyl (C=S) groups is 1. The fraction of sp³-hybridized carbons (Fsp3) is 0.290. The summed E-state index contributed by atoms with van der Waals surface area (Å²) >= 11 is 12.9.